The molecule has 0 aliphatic carbocycles. The molecule has 5 nitrogen and oxygen atoms in total. The Morgan fingerprint density at radius 2 is 2.21 bits per heavy atom. The quantitative estimate of drug-likeness (QED) is 0.400. The largest absolute Gasteiger partial charge is 0.469 e. The lowest BCUT2D eigenvalue weighted by atomic mass is 10.2. The molecule has 76 valence electrons. The van der Waals surface area contributed by atoms with Crippen molar-refractivity contribution in [3.05, 3.63) is 17.5 Å². The number of carbonyl (C=O) groups is 2. The standard InChI is InChI=1S/C9H12N2O3/c1-6-4-7(11(2)10-6)8(12)5-9(13)14-3/h4H,5H2,1-3H3. The van der Waals surface area contributed by atoms with Gasteiger partial charge in [0.05, 0.1) is 12.8 Å². The average molecular weight is 196 g/mol. The number of aryl methyl sites for hydroxylation is 2. The van der Waals surface area contributed by atoms with Crippen LogP contribution in [0.25, 0.3) is 0 Å². The molecule has 1 heterocycles. The molecule has 0 amide bonds. The molecule has 1 aromatic rings. The molecule has 1 aromatic heterocycles. The van der Waals surface area contributed by atoms with Gasteiger partial charge in [-0.2, -0.15) is 5.10 Å². The number of rotatable bonds is 3. The molecule has 0 bridgehead atoms. The fourth-order valence-corrected chi connectivity index (χ4v) is 1.17. The zero-order chi connectivity index (χ0) is 10.7. The van der Waals surface area contributed by atoms with Gasteiger partial charge in [0.25, 0.3) is 0 Å². The van der Waals surface area contributed by atoms with E-state index in [0.29, 0.717) is 5.69 Å². The molecule has 0 radical (unpaired) electrons. The summed E-state index contributed by atoms with van der Waals surface area (Å²) >= 11 is 0. The van der Waals surface area contributed by atoms with Gasteiger partial charge >= 0.3 is 5.97 Å². The molecule has 0 saturated carbocycles. The molecule has 0 saturated heterocycles. The van der Waals surface area contributed by atoms with Crippen molar-refractivity contribution in [1.82, 2.24) is 9.78 Å². The minimum absolute atomic E-state index is 0.241. The van der Waals surface area contributed by atoms with E-state index < -0.39 is 5.97 Å². The van der Waals surface area contributed by atoms with Crippen molar-refractivity contribution >= 4 is 11.8 Å². The number of carbonyl (C=O) groups excluding carboxylic acids is 2. The van der Waals surface area contributed by atoms with Crippen LogP contribution in [-0.2, 0) is 16.6 Å². The zero-order valence-electron chi connectivity index (χ0n) is 8.40. The van der Waals surface area contributed by atoms with E-state index in [2.05, 4.69) is 9.84 Å². The summed E-state index contributed by atoms with van der Waals surface area (Å²) in [6.07, 6.45) is -0.241. The molecule has 0 N–H and O–H groups in total. The number of Topliss-reactive ketones (excluding diaryl/α,β-unsaturated/α-hetero) is 1. The summed E-state index contributed by atoms with van der Waals surface area (Å²) in [6.45, 7) is 1.79. The lowest BCUT2D eigenvalue weighted by Crippen LogP contribution is -2.13. The molecule has 0 spiro atoms. The summed E-state index contributed by atoms with van der Waals surface area (Å²) in [6, 6.07) is 1.64. The first-order valence-corrected chi connectivity index (χ1v) is 4.15. The first kappa shape index (κ1) is 10.4. The van der Waals surface area contributed by atoms with E-state index in [1.54, 1.807) is 20.0 Å². The summed E-state index contributed by atoms with van der Waals surface area (Å²) in [5.74, 6) is -0.811. The highest BCUT2D eigenvalue weighted by Crippen LogP contribution is 2.05. The molecule has 0 unspecified atom stereocenters. The Morgan fingerprint density at radius 1 is 1.57 bits per heavy atom. The third-order valence-electron chi connectivity index (χ3n) is 1.82. The van der Waals surface area contributed by atoms with Crippen LogP contribution in [0.3, 0.4) is 0 Å². The fraction of sp³-hybridized carbons (Fsp3) is 0.444. The van der Waals surface area contributed by atoms with Crippen molar-refractivity contribution < 1.29 is 14.3 Å². The Bertz CT molecular complexity index is 368. The minimum atomic E-state index is -0.533. The number of hydrogen-bond acceptors (Lipinski definition) is 4. The normalized spacial score (nSPS) is 9.93. The lowest BCUT2D eigenvalue weighted by molar-refractivity contribution is -0.139. The first-order valence-electron chi connectivity index (χ1n) is 4.15. The van der Waals surface area contributed by atoms with Crippen molar-refractivity contribution in [2.75, 3.05) is 7.11 Å². The van der Waals surface area contributed by atoms with Crippen molar-refractivity contribution in [3.63, 3.8) is 0 Å². The second kappa shape index (κ2) is 4.04. The molecular weight excluding hydrogens is 184 g/mol. The summed E-state index contributed by atoms with van der Waals surface area (Å²) in [5, 5.41) is 4.01. The fourth-order valence-electron chi connectivity index (χ4n) is 1.17. The molecular formula is C9H12N2O3. The maximum absolute atomic E-state index is 11.5. The van der Waals surface area contributed by atoms with Crippen LogP contribution < -0.4 is 0 Å². The highest BCUT2D eigenvalue weighted by Gasteiger charge is 2.15. The first-order chi connectivity index (χ1) is 6.54. The van der Waals surface area contributed by atoms with Crippen LogP contribution in [0, 0.1) is 6.92 Å². The second-order valence-electron chi connectivity index (χ2n) is 2.97. The van der Waals surface area contributed by atoms with Gasteiger partial charge < -0.3 is 4.74 Å². The number of ether oxygens (including phenoxy) is 1. The van der Waals surface area contributed by atoms with Crippen molar-refractivity contribution in [3.8, 4) is 0 Å². The van der Waals surface area contributed by atoms with Gasteiger partial charge in [-0.1, -0.05) is 0 Å². The second-order valence-corrected chi connectivity index (χ2v) is 2.97. The Hall–Kier alpha value is -1.65. The smallest absolute Gasteiger partial charge is 0.313 e. The van der Waals surface area contributed by atoms with Gasteiger partial charge in [0.15, 0.2) is 5.78 Å². The van der Waals surface area contributed by atoms with Gasteiger partial charge in [0, 0.05) is 7.05 Å². The Morgan fingerprint density at radius 3 is 2.64 bits per heavy atom. The Labute approximate surface area is 81.7 Å². The topological polar surface area (TPSA) is 61.2 Å². The molecule has 0 aromatic carbocycles. The minimum Gasteiger partial charge on any atom is -0.469 e. The third kappa shape index (κ3) is 2.18. The SMILES string of the molecule is COC(=O)CC(=O)c1cc(C)nn1C. The van der Waals surface area contributed by atoms with Crippen molar-refractivity contribution in [1.29, 1.82) is 0 Å². The number of aromatic nitrogens is 2. The molecule has 0 aliphatic rings. The lowest BCUT2D eigenvalue weighted by Gasteiger charge is -1.99. The number of hydrogen-bond donors (Lipinski definition) is 0. The molecule has 0 fully saturated rings. The van der Waals surface area contributed by atoms with Gasteiger partial charge in [-0.05, 0) is 13.0 Å². The summed E-state index contributed by atoms with van der Waals surface area (Å²) in [5.41, 5.74) is 1.17. The Kier molecular flexibility index (Phi) is 3.01. The predicted molar refractivity (Wildman–Crippen MR) is 48.9 cm³/mol. The number of ketones is 1. The third-order valence-corrected chi connectivity index (χ3v) is 1.82. The van der Waals surface area contributed by atoms with Gasteiger partial charge in [-0.15, -0.1) is 0 Å². The van der Waals surface area contributed by atoms with Crippen LogP contribution in [0.15, 0.2) is 6.07 Å². The maximum Gasteiger partial charge on any atom is 0.313 e. The van der Waals surface area contributed by atoms with E-state index in [-0.39, 0.29) is 12.2 Å². The van der Waals surface area contributed by atoms with Crippen LogP contribution in [0.5, 0.6) is 0 Å². The molecule has 0 atom stereocenters. The monoisotopic (exact) mass is 196 g/mol. The number of esters is 1. The summed E-state index contributed by atoms with van der Waals surface area (Å²) < 4.78 is 5.86. The van der Waals surface area contributed by atoms with Crippen LogP contribution in [0.4, 0.5) is 0 Å². The van der Waals surface area contributed by atoms with E-state index in [0.717, 1.165) is 5.69 Å². The van der Waals surface area contributed by atoms with Crippen LogP contribution in [0.2, 0.25) is 0 Å². The Balaban J connectivity index is 2.79. The van der Waals surface area contributed by atoms with E-state index in [1.165, 1.54) is 11.8 Å². The zero-order valence-corrected chi connectivity index (χ0v) is 8.40. The molecule has 0 aliphatic heterocycles. The highest BCUT2D eigenvalue weighted by molar-refractivity contribution is 6.04. The van der Waals surface area contributed by atoms with Crippen molar-refractivity contribution in [2.24, 2.45) is 7.05 Å². The van der Waals surface area contributed by atoms with Crippen LogP contribution in [-0.4, -0.2) is 28.6 Å². The van der Waals surface area contributed by atoms with Crippen LogP contribution in [0.1, 0.15) is 22.6 Å². The molecule has 14 heavy (non-hydrogen) atoms. The summed E-state index contributed by atoms with van der Waals surface area (Å²) in [7, 11) is 2.92. The highest BCUT2D eigenvalue weighted by atomic mass is 16.5. The van der Waals surface area contributed by atoms with Gasteiger partial charge in [0.2, 0.25) is 0 Å². The van der Waals surface area contributed by atoms with Gasteiger partial charge in [-0.3, -0.25) is 14.3 Å². The number of methoxy groups -OCH3 is 1. The molecule has 5 heteroatoms. The van der Waals surface area contributed by atoms with Crippen molar-refractivity contribution in [2.45, 2.75) is 13.3 Å². The van der Waals surface area contributed by atoms with E-state index >= 15 is 0 Å². The molecule has 1 rings (SSSR count). The van der Waals surface area contributed by atoms with E-state index in [1.807, 2.05) is 0 Å². The summed E-state index contributed by atoms with van der Waals surface area (Å²) in [4.78, 5) is 22.3. The van der Waals surface area contributed by atoms with Gasteiger partial charge in [-0.25, -0.2) is 0 Å². The van der Waals surface area contributed by atoms with E-state index in [9.17, 15) is 9.59 Å². The predicted octanol–water partition coefficient (Wildman–Crippen LogP) is 0.474. The number of nitrogens with zero attached hydrogens (tertiary/aromatic N) is 2. The maximum atomic E-state index is 11.5. The van der Waals surface area contributed by atoms with E-state index in [4.69, 9.17) is 0 Å². The average Bonchev–Trinajstić information content (AvgIpc) is 2.45. The van der Waals surface area contributed by atoms with Crippen LogP contribution >= 0.6 is 0 Å². The van der Waals surface area contributed by atoms with Gasteiger partial charge in [0.1, 0.15) is 12.1 Å².